The zero-order valence-electron chi connectivity index (χ0n) is 17.3. The Morgan fingerprint density at radius 1 is 1.32 bits per heavy atom. The normalized spacial score (nSPS) is 32.8. The maximum absolute atomic E-state index is 6.05. The summed E-state index contributed by atoms with van der Waals surface area (Å²) in [5.74, 6) is 1.64. The summed E-state index contributed by atoms with van der Waals surface area (Å²) in [6.07, 6.45) is 11.1. The van der Waals surface area contributed by atoms with E-state index >= 15 is 0 Å². The van der Waals surface area contributed by atoms with E-state index in [2.05, 4.69) is 40.4 Å². The van der Waals surface area contributed by atoms with E-state index in [1.165, 1.54) is 36.9 Å². The summed E-state index contributed by atoms with van der Waals surface area (Å²) in [5, 5.41) is 12.3. The summed E-state index contributed by atoms with van der Waals surface area (Å²) in [5.41, 5.74) is 3.06. The minimum absolute atomic E-state index is 0. The standard InChI is InChI=1S/C21H33N5O.HI/c1-13(2)26-12-14-5-6-15(11-17(14)25-26)23-20(22-3)24-18-16-7-10-27-19(16)21(18)8-4-9-21;/h12-13,15-16,18-19H,4-11H2,1-3H3,(H2,22,23,24);1H. The molecule has 1 saturated heterocycles. The van der Waals surface area contributed by atoms with Crippen LogP contribution in [0.2, 0.25) is 0 Å². The molecular formula is C21H34IN5O. The molecule has 4 unspecified atom stereocenters. The number of hydrogen-bond acceptors (Lipinski definition) is 3. The number of aromatic nitrogens is 2. The predicted molar refractivity (Wildman–Crippen MR) is 121 cm³/mol. The van der Waals surface area contributed by atoms with E-state index in [0.717, 1.165) is 31.8 Å². The number of guanidine groups is 1. The van der Waals surface area contributed by atoms with Gasteiger partial charge in [-0.1, -0.05) is 6.42 Å². The lowest BCUT2D eigenvalue weighted by atomic mass is 9.46. The Hall–Kier alpha value is -0.830. The van der Waals surface area contributed by atoms with Gasteiger partial charge in [-0.3, -0.25) is 9.67 Å². The number of hydrogen-bond donors (Lipinski definition) is 2. The molecule has 3 fully saturated rings. The topological polar surface area (TPSA) is 63.5 Å². The maximum atomic E-state index is 6.05. The monoisotopic (exact) mass is 499 g/mol. The lowest BCUT2D eigenvalue weighted by Gasteiger charge is -2.63. The Labute approximate surface area is 185 Å². The van der Waals surface area contributed by atoms with Gasteiger partial charge in [0.25, 0.3) is 0 Å². The Morgan fingerprint density at radius 3 is 2.82 bits per heavy atom. The molecule has 6 nitrogen and oxygen atoms in total. The van der Waals surface area contributed by atoms with Gasteiger partial charge in [-0.05, 0) is 51.5 Å². The van der Waals surface area contributed by atoms with Crippen molar-refractivity contribution < 1.29 is 4.74 Å². The number of nitrogens with one attached hydrogen (secondary N) is 2. The number of fused-ring (bicyclic) bond motifs is 3. The Balaban J connectivity index is 0.00000192. The van der Waals surface area contributed by atoms with Crippen LogP contribution in [0.4, 0.5) is 0 Å². The summed E-state index contributed by atoms with van der Waals surface area (Å²) >= 11 is 0. The molecular weight excluding hydrogens is 465 g/mol. The van der Waals surface area contributed by atoms with Gasteiger partial charge >= 0.3 is 0 Å². The Morgan fingerprint density at radius 2 is 2.14 bits per heavy atom. The van der Waals surface area contributed by atoms with Crippen LogP contribution >= 0.6 is 24.0 Å². The van der Waals surface area contributed by atoms with Crippen LogP contribution in [0.5, 0.6) is 0 Å². The number of nitrogens with zero attached hydrogens (tertiary/aromatic N) is 3. The molecule has 2 heterocycles. The van der Waals surface area contributed by atoms with Crippen LogP contribution < -0.4 is 10.6 Å². The second-order valence-electron chi connectivity index (χ2n) is 9.28. The fourth-order valence-electron chi connectivity index (χ4n) is 5.87. The van der Waals surface area contributed by atoms with Crippen LogP contribution in [0.1, 0.15) is 63.3 Å². The van der Waals surface area contributed by atoms with Gasteiger partial charge < -0.3 is 15.4 Å². The van der Waals surface area contributed by atoms with E-state index in [4.69, 9.17) is 9.84 Å². The van der Waals surface area contributed by atoms with E-state index in [0.29, 0.717) is 35.6 Å². The fraction of sp³-hybridized carbons (Fsp3) is 0.810. The van der Waals surface area contributed by atoms with Gasteiger partial charge in [-0.15, -0.1) is 24.0 Å². The van der Waals surface area contributed by atoms with Gasteiger partial charge in [0.1, 0.15) is 0 Å². The number of halogens is 1. The second-order valence-corrected chi connectivity index (χ2v) is 9.28. The molecule has 28 heavy (non-hydrogen) atoms. The van der Waals surface area contributed by atoms with Gasteiger partial charge in [-0.2, -0.15) is 5.10 Å². The Kier molecular flexibility index (Phi) is 5.68. The molecule has 1 aliphatic heterocycles. The highest BCUT2D eigenvalue weighted by molar-refractivity contribution is 14.0. The van der Waals surface area contributed by atoms with Crippen LogP contribution in [0.3, 0.4) is 0 Å². The van der Waals surface area contributed by atoms with Crippen molar-refractivity contribution in [3.05, 3.63) is 17.5 Å². The van der Waals surface area contributed by atoms with Crippen molar-refractivity contribution in [2.45, 2.75) is 83.0 Å². The first kappa shape index (κ1) is 20.4. The van der Waals surface area contributed by atoms with Crippen molar-refractivity contribution in [1.29, 1.82) is 0 Å². The van der Waals surface area contributed by atoms with Crippen molar-refractivity contribution >= 4 is 29.9 Å². The lowest BCUT2D eigenvalue weighted by molar-refractivity contribution is -0.171. The highest BCUT2D eigenvalue weighted by atomic mass is 127. The summed E-state index contributed by atoms with van der Waals surface area (Å²) in [6.45, 7) is 5.31. The van der Waals surface area contributed by atoms with Gasteiger partial charge in [0, 0.05) is 55.7 Å². The van der Waals surface area contributed by atoms with Crippen molar-refractivity contribution in [3.8, 4) is 0 Å². The van der Waals surface area contributed by atoms with E-state index in [1.54, 1.807) is 0 Å². The lowest BCUT2D eigenvalue weighted by Crippen LogP contribution is -2.72. The summed E-state index contributed by atoms with van der Waals surface area (Å²) in [4.78, 5) is 4.56. The third-order valence-corrected chi connectivity index (χ3v) is 7.52. The highest BCUT2D eigenvalue weighted by Crippen LogP contribution is 2.62. The molecule has 0 amide bonds. The third-order valence-electron chi connectivity index (χ3n) is 7.52. The third kappa shape index (κ3) is 3.16. The van der Waals surface area contributed by atoms with Crippen LogP contribution in [0.15, 0.2) is 11.2 Å². The first-order valence-corrected chi connectivity index (χ1v) is 10.8. The SMILES string of the molecule is CN=C(NC1CCc2cn(C(C)C)nc2C1)NC1C2CCOC2C12CCC2.I. The minimum atomic E-state index is 0. The first-order chi connectivity index (χ1) is 13.1. The number of aliphatic imine (C=N–C) groups is 1. The smallest absolute Gasteiger partial charge is 0.191 e. The van der Waals surface area contributed by atoms with Gasteiger partial charge in [0.05, 0.1) is 11.8 Å². The van der Waals surface area contributed by atoms with Crippen molar-refractivity contribution in [2.24, 2.45) is 16.3 Å². The molecule has 3 aliphatic carbocycles. The molecule has 0 bridgehead atoms. The minimum Gasteiger partial charge on any atom is -0.377 e. The second kappa shape index (κ2) is 7.78. The molecule has 7 heteroatoms. The molecule has 1 aromatic heterocycles. The van der Waals surface area contributed by atoms with E-state index in [9.17, 15) is 0 Å². The van der Waals surface area contributed by atoms with Crippen LogP contribution in [0.25, 0.3) is 0 Å². The van der Waals surface area contributed by atoms with Crippen molar-refractivity contribution in [3.63, 3.8) is 0 Å². The molecule has 156 valence electrons. The van der Waals surface area contributed by atoms with Crippen molar-refractivity contribution in [1.82, 2.24) is 20.4 Å². The van der Waals surface area contributed by atoms with Crippen molar-refractivity contribution in [2.75, 3.05) is 13.7 Å². The van der Waals surface area contributed by atoms with Crippen LogP contribution in [-0.4, -0.2) is 47.6 Å². The number of ether oxygens (including phenoxy) is 1. The molecule has 4 atom stereocenters. The molecule has 1 aromatic rings. The number of rotatable bonds is 3. The average molecular weight is 499 g/mol. The number of aryl methyl sites for hydroxylation is 1. The summed E-state index contributed by atoms with van der Waals surface area (Å²) in [7, 11) is 1.89. The Bertz CT molecular complexity index is 741. The van der Waals surface area contributed by atoms with Gasteiger partial charge in [0.15, 0.2) is 5.96 Å². The van der Waals surface area contributed by atoms with Gasteiger partial charge in [0.2, 0.25) is 0 Å². The summed E-state index contributed by atoms with van der Waals surface area (Å²) < 4.78 is 8.16. The molecule has 1 spiro atoms. The van der Waals surface area contributed by atoms with Crippen LogP contribution in [0, 0.1) is 11.3 Å². The molecule has 0 aromatic carbocycles. The molecule has 2 N–H and O–H groups in total. The van der Waals surface area contributed by atoms with E-state index in [-0.39, 0.29) is 24.0 Å². The molecule has 0 radical (unpaired) electrons. The highest BCUT2D eigenvalue weighted by Gasteiger charge is 2.66. The predicted octanol–water partition coefficient (Wildman–Crippen LogP) is 3.06. The zero-order valence-corrected chi connectivity index (χ0v) is 19.6. The summed E-state index contributed by atoms with van der Waals surface area (Å²) in [6, 6.07) is 1.37. The van der Waals surface area contributed by atoms with E-state index < -0.39 is 0 Å². The maximum Gasteiger partial charge on any atom is 0.191 e. The average Bonchev–Trinajstić information content (AvgIpc) is 3.22. The quantitative estimate of drug-likeness (QED) is 0.381. The largest absolute Gasteiger partial charge is 0.377 e. The molecule has 5 rings (SSSR count). The van der Waals surface area contributed by atoms with E-state index in [1.807, 2.05) is 7.05 Å². The molecule has 2 saturated carbocycles. The van der Waals surface area contributed by atoms with Crippen LogP contribution in [-0.2, 0) is 17.6 Å². The molecule has 4 aliphatic rings. The zero-order chi connectivity index (χ0) is 18.6. The van der Waals surface area contributed by atoms with Gasteiger partial charge in [-0.25, -0.2) is 0 Å². The fourth-order valence-corrected chi connectivity index (χ4v) is 5.87. The first-order valence-electron chi connectivity index (χ1n) is 10.8.